The van der Waals surface area contributed by atoms with Gasteiger partial charge in [0.2, 0.25) is 5.91 Å². The highest BCUT2D eigenvalue weighted by Crippen LogP contribution is 2.23. The van der Waals surface area contributed by atoms with Gasteiger partial charge in [0, 0.05) is 6.42 Å². The molecule has 0 aromatic rings. The van der Waals surface area contributed by atoms with Gasteiger partial charge >= 0.3 is 0 Å². The Balaban J connectivity index is 1.89. The Labute approximate surface area is 420 Å². The molecule has 404 valence electrons. The molecule has 0 aromatic heterocycles. The SMILES string of the molecule is CCCCC/C=C/C(O)C(COC1OC(CO)C(O)C(O)C1O)NC(=O)CCCCCCCCCCCCCCCCCCCCCCCCCCCCCCCCCCCCCCCCCC. The molecule has 9 nitrogen and oxygen atoms in total. The van der Waals surface area contributed by atoms with Crippen LogP contribution in [0.2, 0.25) is 0 Å². The molecule has 68 heavy (non-hydrogen) atoms. The zero-order valence-corrected chi connectivity index (χ0v) is 44.9. The van der Waals surface area contributed by atoms with Crippen LogP contribution in [0.5, 0.6) is 0 Å². The van der Waals surface area contributed by atoms with E-state index in [0.29, 0.717) is 6.42 Å². The molecule has 1 saturated heterocycles. The van der Waals surface area contributed by atoms with Gasteiger partial charge in [-0.2, -0.15) is 0 Å². The van der Waals surface area contributed by atoms with Gasteiger partial charge in [-0.15, -0.1) is 0 Å². The van der Waals surface area contributed by atoms with Gasteiger partial charge in [-0.25, -0.2) is 0 Å². The van der Waals surface area contributed by atoms with Crippen molar-refractivity contribution in [2.75, 3.05) is 13.2 Å². The summed E-state index contributed by atoms with van der Waals surface area (Å²) in [5, 5.41) is 53.8. The number of carbonyl (C=O) groups is 1. The van der Waals surface area contributed by atoms with Crippen LogP contribution in [-0.2, 0) is 14.3 Å². The summed E-state index contributed by atoms with van der Waals surface area (Å²) in [6.07, 6.45) is 55.4. The number of rotatable bonds is 52. The van der Waals surface area contributed by atoms with Gasteiger partial charge < -0.3 is 40.3 Å². The average Bonchev–Trinajstić information content (AvgIpc) is 3.34. The molecule has 1 aliphatic rings. The van der Waals surface area contributed by atoms with E-state index in [2.05, 4.69) is 19.2 Å². The Bertz CT molecular complexity index is 1080. The molecule has 0 aromatic carbocycles. The number of nitrogens with one attached hydrogen (secondary N) is 1. The maximum absolute atomic E-state index is 12.9. The van der Waals surface area contributed by atoms with Crippen molar-refractivity contribution >= 4 is 5.91 Å². The first-order valence-electron chi connectivity index (χ1n) is 29.9. The predicted octanol–water partition coefficient (Wildman–Crippen LogP) is 14.8. The first kappa shape index (κ1) is 64.9. The number of aliphatic hydroxyl groups is 5. The largest absolute Gasteiger partial charge is 0.394 e. The number of unbranched alkanes of at least 4 members (excludes halogenated alkanes) is 42. The molecule has 1 amide bonds. The minimum atomic E-state index is -1.56. The summed E-state index contributed by atoms with van der Waals surface area (Å²) in [6, 6.07) is -0.796. The minimum Gasteiger partial charge on any atom is -0.394 e. The second-order valence-corrected chi connectivity index (χ2v) is 21.2. The van der Waals surface area contributed by atoms with E-state index in [9.17, 15) is 30.3 Å². The monoisotopic (exact) mass is 966 g/mol. The van der Waals surface area contributed by atoms with Crippen molar-refractivity contribution in [2.24, 2.45) is 0 Å². The topological polar surface area (TPSA) is 149 Å². The third kappa shape index (κ3) is 38.6. The smallest absolute Gasteiger partial charge is 0.220 e. The number of carbonyl (C=O) groups excluding carboxylic acids is 1. The fraction of sp³-hybridized carbons (Fsp3) is 0.949. The molecule has 0 bridgehead atoms. The Kier molecular flexibility index (Phi) is 47.3. The fourth-order valence-corrected chi connectivity index (χ4v) is 9.87. The van der Waals surface area contributed by atoms with Crippen molar-refractivity contribution in [3.05, 3.63) is 12.2 Å². The van der Waals surface area contributed by atoms with E-state index in [0.717, 1.165) is 44.9 Å². The van der Waals surface area contributed by atoms with Gasteiger partial charge in [-0.05, 0) is 19.3 Å². The van der Waals surface area contributed by atoms with Crippen molar-refractivity contribution in [1.82, 2.24) is 5.32 Å². The van der Waals surface area contributed by atoms with Crippen LogP contribution in [0.15, 0.2) is 12.2 Å². The quantitative estimate of drug-likeness (QED) is 0.0261. The van der Waals surface area contributed by atoms with E-state index >= 15 is 0 Å². The lowest BCUT2D eigenvalue weighted by atomic mass is 9.99. The third-order valence-corrected chi connectivity index (χ3v) is 14.6. The van der Waals surface area contributed by atoms with Crippen LogP contribution in [0.25, 0.3) is 0 Å². The summed E-state index contributed by atoms with van der Waals surface area (Å²) >= 11 is 0. The van der Waals surface area contributed by atoms with Crippen LogP contribution < -0.4 is 5.32 Å². The number of allylic oxidation sites excluding steroid dienone is 1. The molecular formula is C59H115NO8. The molecule has 0 radical (unpaired) electrons. The standard InChI is InChI=1S/C59H115NO8/c1-3-5-7-9-10-11-12-13-14-15-16-17-18-19-20-21-22-23-24-25-26-27-28-29-30-31-32-33-34-35-36-37-38-39-40-41-42-43-45-47-49-55(63)60-52(53(62)48-46-44-8-6-4-2)51-67-59-58(66)57(65)56(64)54(50-61)68-59/h46,48,52-54,56-59,61-62,64-66H,3-45,47,49-51H2,1-2H3,(H,60,63)/b48-46+. The highest BCUT2D eigenvalue weighted by molar-refractivity contribution is 5.76. The fourth-order valence-electron chi connectivity index (χ4n) is 9.87. The van der Waals surface area contributed by atoms with Crippen LogP contribution in [0, 0.1) is 0 Å². The van der Waals surface area contributed by atoms with Crippen LogP contribution in [-0.4, -0.2) is 87.5 Å². The number of amides is 1. The highest BCUT2D eigenvalue weighted by Gasteiger charge is 2.44. The Hall–Kier alpha value is -1.07. The van der Waals surface area contributed by atoms with Gasteiger partial charge in [0.25, 0.3) is 0 Å². The van der Waals surface area contributed by atoms with Crippen molar-refractivity contribution in [3.63, 3.8) is 0 Å². The second-order valence-electron chi connectivity index (χ2n) is 21.2. The molecule has 1 rings (SSSR count). The summed E-state index contributed by atoms with van der Waals surface area (Å²) in [4.78, 5) is 12.9. The lowest BCUT2D eigenvalue weighted by Gasteiger charge is -2.40. The maximum Gasteiger partial charge on any atom is 0.220 e. The molecule has 7 atom stereocenters. The predicted molar refractivity (Wildman–Crippen MR) is 286 cm³/mol. The number of hydrogen-bond donors (Lipinski definition) is 6. The van der Waals surface area contributed by atoms with Gasteiger partial charge in [-0.1, -0.05) is 289 Å². The van der Waals surface area contributed by atoms with Crippen molar-refractivity contribution < 1.29 is 39.8 Å². The summed E-state index contributed by atoms with van der Waals surface area (Å²) in [7, 11) is 0. The molecule has 0 saturated carbocycles. The normalized spacial score (nSPS) is 19.5. The zero-order chi connectivity index (χ0) is 49.4. The van der Waals surface area contributed by atoms with Crippen molar-refractivity contribution in [3.8, 4) is 0 Å². The summed E-state index contributed by atoms with van der Waals surface area (Å²) in [6.45, 7) is 3.69. The molecule has 0 aliphatic carbocycles. The highest BCUT2D eigenvalue weighted by atomic mass is 16.7. The summed E-state index contributed by atoms with van der Waals surface area (Å²) < 4.78 is 11.1. The third-order valence-electron chi connectivity index (χ3n) is 14.6. The molecule has 0 spiro atoms. The first-order chi connectivity index (χ1) is 33.3. The van der Waals surface area contributed by atoms with Crippen LogP contribution in [0.4, 0.5) is 0 Å². The lowest BCUT2D eigenvalue weighted by Crippen LogP contribution is -2.60. The number of hydrogen-bond acceptors (Lipinski definition) is 8. The summed E-state index contributed by atoms with van der Waals surface area (Å²) in [5.74, 6) is -0.178. The van der Waals surface area contributed by atoms with Gasteiger partial charge in [0.15, 0.2) is 6.29 Å². The molecule has 1 aliphatic heterocycles. The van der Waals surface area contributed by atoms with E-state index in [4.69, 9.17) is 9.47 Å². The Morgan fingerprint density at radius 3 is 1.15 bits per heavy atom. The molecular weight excluding hydrogens is 851 g/mol. The molecule has 7 unspecified atom stereocenters. The van der Waals surface area contributed by atoms with Crippen LogP contribution in [0.3, 0.4) is 0 Å². The van der Waals surface area contributed by atoms with E-state index < -0.39 is 49.5 Å². The van der Waals surface area contributed by atoms with Gasteiger partial charge in [0.05, 0.1) is 25.4 Å². The second kappa shape index (κ2) is 49.5. The zero-order valence-electron chi connectivity index (χ0n) is 44.9. The van der Waals surface area contributed by atoms with Crippen molar-refractivity contribution in [1.29, 1.82) is 0 Å². The molecule has 6 N–H and O–H groups in total. The van der Waals surface area contributed by atoms with Crippen LogP contribution >= 0.6 is 0 Å². The minimum absolute atomic E-state index is 0.178. The van der Waals surface area contributed by atoms with Gasteiger partial charge in [-0.3, -0.25) is 4.79 Å². The van der Waals surface area contributed by atoms with E-state index in [-0.39, 0.29) is 12.5 Å². The maximum atomic E-state index is 12.9. The average molecular weight is 967 g/mol. The lowest BCUT2D eigenvalue weighted by molar-refractivity contribution is -0.302. The molecule has 9 heteroatoms. The Morgan fingerprint density at radius 2 is 0.809 bits per heavy atom. The van der Waals surface area contributed by atoms with Crippen LogP contribution in [0.1, 0.15) is 303 Å². The van der Waals surface area contributed by atoms with E-state index in [1.54, 1.807) is 6.08 Å². The first-order valence-corrected chi connectivity index (χ1v) is 29.9. The molecule has 1 heterocycles. The Morgan fingerprint density at radius 1 is 0.485 bits per heavy atom. The number of ether oxygens (including phenoxy) is 2. The molecule has 1 fully saturated rings. The van der Waals surface area contributed by atoms with Crippen molar-refractivity contribution in [2.45, 2.75) is 346 Å². The van der Waals surface area contributed by atoms with E-state index in [1.807, 2.05) is 6.08 Å². The van der Waals surface area contributed by atoms with E-state index in [1.165, 1.54) is 238 Å². The van der Waals surface area contributed by atoms with Gasteiger partial charge in [0.1, 0.15) is 24.4 Å². The summed E-state index contributed by atoms with van der Waals surface area (Å²) in [5.41, 5.74) is 0. The number of aliphatic hydroxyl groups excluding tert-OH is 5.